The van der Waals surface area contributed by atoms with Gasteiger partial charge < -0.3 is 10.1 Å². The zero-order valence-electron chi connectivity index (χ0n) is 10.2. The molecule has 0 amide bonds. The second kappa shape index (κ2) is 5.31. The van der Waals surface area contributed by atoms with E-state index in [1.165, 1.54) is 32.2 Å². The zero-order chi connectivity index (χ0) is 10.7. The van der Waals surface area contributed by atoms with Crippen LogP contribution in [0.5, 0.6) is 0 Å². The Morgan fingerprint density at radius 1 is 1.27 bits per heavy atom. The van der Waals surface area contributed by atoms with Crippen molar-refractivity contribution in [3.63, 3.8) is 0 Å². The molecule has 2 nitrogen and oxygen atoms in total. The van der Waals surface area contributed by atoms with Crippen LogP contribution in [0.1, 0.15) is 39.5 Å². The van der Waals surface area contributed by atoms with E-state index >= 15 is 0 Å². The summed E-state index contributed by atoms with van der Waals surface area (Å²) in [4.78, 5) is 0. The lowest BCUT2D eigenvalue weighted by molar-refractivity contribution is -0.0141. The molecule has 0 aromatic rings. The zero-order valence-corrected chi connectivity index (χ0v) is 10.2. The third-order valence-corrected chi connectivity index (χ3v) is 4.07. The Morgan fingerprint density at radius 3 is 2.67 bits per heavy atom. The molecule has 0 aromatic carbocycles. The molecule has 1 aliphatic carbocycles. The standard InChI is InChI=1S/C13H25NO/c1-10(2)14-8-11-5-6-13(11)12-4-3-7-15-9-12/h10-14H,3-9H2,1-2H3. The van der Waals surface area contributed by atoms with Gasteiger partial charge in [-0.25, -0.2) is 0 Å². The Hall–Kier alpha value is -0.0800. The first-order valence-electron chi connectivity index (χ1n) is 6.58. The van der Waals surface area contributed by atoms with Crippen molar-refractivity contribution in [2.45, 2.75) is 45.6 Å². The Labute approximate surface area is 93.8 Å². The number of hydrogen-bond acceptors (Lipinski definition) is 2. The molecule has 0 spiro atoms. The van der Waals surface area contributed by atoms with E-state index in [0.29, 0.717) is 6.04 Å². The van der Waals surface area contributed by atoms with Gasteiger partial charge in [0.25, 0.3) is 0 Å². The summed E-state index contributed by atoms with van der Waals surface area (Å²) in [5, 5.41) is 3.58. The lowest BCUT2D eigenvalue weighted by Gasteiger charge is -2.43. The van der Waals surface area contributed by atoms with E-state index < -0.39 is 0 Å². The maximum absolute atomic E-state index is 5.59. The minimum Gasteiger partial charge on any atom is -0.381 e. The van der Waals surface area contributed by atoms with Crippen molar-refractivity contribution in [3.8, 4) is 0 Å². The van der Waals surface area contributed by atoms with Crippen LogP contribution in [-0.4, -0.2) is 25.8 Å². The molecule has 3 unspecified atom stereocenters. The molecular weight excluding hydrogens is 186 g/mol. The minimum atomic E-state index is 0.633. The first-order chi connectivity index (χ1) is 7.27. The van der Waals surface area contributed by atoms with Crippen molar-refractivity contribution in [1.29, 1.82) is 0 Å². The summed E-state index contributed by atoms with van der Waals surface area (Å²) in [6.07, 6.45) is 5.56. The molecule has 15 heavy (non-hydrogen) atoms. The molecule has 2 fully saturated rings. The second-order valence-electron chi connectivity index (χ2n) is 5.54. The van der Waals surface area contributed by atoms with Crippen LogP contribution in [0.15, 0.2) is 0 Å². The summed E-state index contributed by atoms with van der Waals surface area (Å²) in [5.41, 5.74) is 0. The maximum Gasteiger partial charge on any atom is 0.0497 e. The average Bonchev–Trinajstić information content (AvgIpc) is 2.17. The third-order valence-electron chi connectivity index (χ3n) is 4.07. The van der Waals surface area contributed by atoms with Gasteiger partial charge >= 0.3 is 0 Å². The van der Waals surface area contributed by atoms with Gasteiger partial charge in [-0.15, -0.1) is 0 Å². The van der Waals surface area contributed by atoms with Crippen molar-refractivity contribution in [3.05, 3.63) is 0 Å². The van der Waals surface area contributed by atoms with Crippen LogP contribution in [0.3, 0.4) is 0 Å². The van der Waals surface area contributed by atoms with Crippen molar-refractivity contribution >= 4 is 0 Å². The molecular formula is C13H25NO. The highest BCUT2D eigenvalue weighted by molar-refractivity contribution is 4.88. The van der Waals surface area contributed by atoms with Crippen LogP contribution in [0.4, 0.5) is 0 Å². The van der Waals surface area contributed by atoms with Gasteiger partial charge in [0.15, 0.2) is 0 Å². The molecule has 1 aliphatic heterocycles. The first-order valence-corrected chi connectivity index (χ1v) is 6.58. The van der Waals surface area contributed by atoms with E-state index in [1.807, 2.05) is 0 Å². The Kier molecular flexibility index (Phi) is 4.04. The molecule has 0 bridgehead atoms. The van der Waals surface area contributed by atoms with Gasteiger partial charge in [-0.1, -0.05) is 13.8 Å². The molecule has 1 saturated heterocycles. The van der Waals surface area contributed by atoms with E-state index in [4.69, 9.17) is 4.74 Å². The lowest BCUT2D eigenvalue weighted by Crippen LogP contribution is -2.43. The van der Waals surface area contributed by atoms with Gasteiger partial charge in [-0.2, -0.15) is 0 Å². The predicted octanol–water partition coefficient (Wildman–Crippen LogP) is 2.44. The number of nitrogens with one attached hydrogen (secondary N) is 1. The van der Waals surface area contributed by atoms with E-state index in [9.17, 15) is 0 Å². The Bertz CT molecular complexity index is 187. The highest BCUT2D eigenvalue weighted by Gasteiger charge is 2.37. The molecule has 1 heterocycles. The van der Waals surface area contributed by atoms with E-state index in [-0.39, 0.29) is 0 Å². The van der Waals surface area contributed by atoms with Crippen LogP contribution in [-0.2, 0) is 4.74 Å². The second-order valence-corrected chi connectivity index (χ2v) is 5.54. The van der Waals surface area contributed by atoms with E-state index in [2.05, 4.69) is 19.2 Å². The van der Waals surface area contributed by atoms with Crippen LogP contribution in [0, 0.1) is 17.8 Å². The summed E-state index contributed by atoms with van der Waals surface area (Å²) in [7, 11) is 0. The van der Waals surface area contributed by atoms with Crippen molar-refractivity contribution in [2.24, 2.45) is 17.8 Å². The summed E-state index contributed by atoms with van der Waals surface area (Å²) >= 11 is 0. The summed E-state index contributed by atoms with van der Waals surface area (Å²) in [6, 6.07) is 0.633. The number of hydrogen-bond donors (Lipinski definition) is 1. The van der Waals surface area contributed by atoms with E-state index in [1.54, 1.807) is 0 Å². The monoisotopic (exact) mass is 211 g/mol. The van der Waals surface area contributed by atoms with Gasteiger partial charge in [-0.3, -0.25) is 0 Å². The van der Waals surface area contributed by atoms with Crippen LogP contribution < -0.4 is 5.32 Å². The van der Waals surface area contributed by atoms with E-state index in [0.717, 1.165) is 31.0 Å². The third kappa shape index (κ3) is 2.94. The predicted molar refractivity (Wildman–Crippen MR) is 62.9 cm³/mol. The summed E-state index contributed by atoms with van der Waals surface area (Å²) in [5.74, 6) is 2.75. The van der Waals surface area contributed by atoms with Crippen molar-refractivity contribution in [1.82, 2.24) is 5.32 Å². The van der Waals surface area contributed by atoms with Gasteiger partial charge in [0.05, 0.1) is 0 Å². The van der Waals surface area contributed by atoms with Crippen molar-refractivity contribution < 1.29 is 4.74 Å². The highest BCUT2D eigenvalue weighted by Crippen LogP contribution is 2.42. The molecule has 2 heteroatoms. The Morgan fingerprint density at radius 2 is 2.13 bits per heavy atom. The molecule has 2 aliphatic rings. The lowest BCUT2D eigenvalue weighted by atomic mass is 9.65. The quantitative estimate of drug-likeness (QED) is 0.771. The van der Waals surface area contributed by atoms with Gasteiger partial charge in [0.1, 0.15) is 0 Å². The minimum absolute atomic E-state index is 0.633. The molecule has 0 radical (unpaired) electrons. The number of rotatable bonds is 4. The molecule has 1 saturated carbocycles. The summed E-state index contributed by atoms with van der Waals surface area (Å²) < 4.78 is 5.59. The largest absolute Gasteiger partial charge is 0.381 e. The Balaban J connectivity index is 1.73. The highest BCUT2D eigenvalue weighted by atomic mass is 16.5. The van der Waals surface area contributed by atoms with Crippen LogP contribution in [0.25, 0.3) is 0 Å². The molecule has 1 N–H and O–H groups in total. The van der Waals surface area contributed by atoms with Crippen LogP contribution >= 0.6 is 0 Å². The van der Waals surface area contributed by atoms with Gasteiger partial charge in [0.2, 0.25) is 0 Å². The smallest absolute Gasteiger partial charge is 0.0497 e. The average molecular weight is 211 g/mol. The fourth-order valence-corrected chi connectivity index (χ4v) is 2.96. The first kappa shape index (κ1) is 11.4. The van der Waals surface area contributed by atoms with Gasteiger partial charge in [-0.05, 0) is 50.0 Å². The maximum atomic E-state index is 5.59. The van der Waals surface area contributed by atoms with Crippen LogP contribution in [0.2, 0.25) is 0 Å². The molecule has 3 atom stereocenters. The van der Waals surface area contributed by atoms with Crippen molar-refractivity contribution in [2.75, 3.05) is 19.8 Å². The topological polar surface area (TPSA) is 21.3 Å². The fourth-order valence-electron chi connectivity index (χ4n) is 2.96. The molecule has 0 aromatic heterocycles. The number of ether oxygens (including phenoxy) is 1. The molecule has 88 valence electrons. The normalized spacial score (nSPS) is 36.6. The summed E-state index contributed by atoms with van der Waals surface area (Å²) in [6.45, 7) is 7.72. The van der Waals surface area contributed by atoms with Gasteiger partial charge in [0, 0.05) is 19.3 Å². The SMILES string of the molecule is CC(C)NCC1CCC1C1CCCOC1. The molecule has 2 rings (SSSR count). The fraction of sp³-hybridized carbons (Fsp3) is 1.00.